The maximum Gasteiger partial charge on any atom is 0.155 e. The summed E-state index contributed by atoms with van der Waals surface area (Å²) in [6.07, 6.45) is 5.24. The molecule has 1 aliphatic rings. The minimum absolute atomic E-state index is 0.00772. The van der Waals surface area contributed by atoms with Crippen molar-refractivity contribution in [3.05, 3.63) is 59.7 Å². The number of hydrogen-bond donors (Lipinski definition) is 0. The van der Waals surface area contributed by atoms with Gasteiger partial charge in [-0.15, -0.1) is 0 Å². The number of benzene rings is 1. The second-order valence-corrected chi connectivity index (χ2v) is 6.51. The molecule has 0 atom stereocenters. The van der Waals surface area contributed by atoms with Crippen LogP contribution in [0.1, 0.15) is 17.7 Å². The van der Waals surface area contributed by atoms with E-state index in [9.17, 15) is 8.78 Å². The van der Waals surface area contributed by atoms with Gasteiger partial charge in [0.2, 0.25) is 0 Å². The highest BCUT2D eigenvalue weighted by atomic mass is 19.1. The minimum Gasteiger partial charge on any atom is -0.268 e. The first kappa shape index (κ1) is 15.2. The van der Waals surface area contributed by atoms with Crippen LogP contribution in [0.5, 0.6) is 0 Å². The minimum atomic E-state index is -0.565. The van der Waals surface area contributed by atoms with Crippen LogP contribution >= 0.6 is 0 Å². The SMILES string of the molecule is Cc1c(F)ccc(-c2nn3c(c2-c2ccc4ncnn4c2)CCC3)c1F. The number of rotatable bonds is 2. The highest BCUT2D eigenvalue weighted by Crippen LogP contribution is 2.39. The molecule has 0 saturated carbocycles. The van der Waals surface area contributed by atoms with Crippen molar-refractivity contribution in [2.45, 2.75) is 26.3 Å². The van der Waals surface area contributed by atoms with Gasteiger partial charge < -0.3 is 0 Å². The van der Waals surface area contributed by atoms with E-state index < -0.39 is 11.6 Å². The van der Waals surface area contributed by atoms with Crippen LogP contribution in [0, 0.1) is 18.6 Å². The lowest BCUT2D eigenvalue weighted by molar-refractivity contribution is 0.569. The first-order valence-electron chi connectivity index (χ1n) is 8.48. The largest absolute Gasteiger partial charge is 0.268 e. The summed E-state index contributed by atoms with van der Waals surface area (Å²) in [5, 5.41) is 8.83. The van der Waals surface area contributed by atoms with Crippen LogP contribution in [0.3, 0.4) is 0 Å². The number of hydrogen-bond acceptors (Lipinski definition) is 3. The Bertz CT molecular complexity index is 1160. The lowest BCUT2D eigenvalue weighted by atomic mass is 9.97. The molecule has 1 aromatic carbocycles. The summed E-state index contributed by atoms with van der Waals surface area (Å²) in [6, 6.07) is 6.57. The molecule has 0 fully saturated rings. The molecule has 130 valence electrons. The molecule has 4 heterocycles. The van der Waals surface area contributed by atoms with E-state index >= 15 is 0 Å². The normalized spacial score (nSPS) is 13.5. The van der Waals surface area contributed by atoms with Gasteiger partial charge in [0.05, 0.1) is 0 Å². The fourth-order valence-corrected chi connectivity index (χ4v) is 3.63. The van der Waals surface area contributed by atoms with E-state index in [1.807, 2.05) is 23.0 Å². The Labute approximate surface area is 147 Å². The van der Waals surface area contributed by atoms with Gasteiger partial charge in [0, 0.05) is 40.7 Å². The Morgan fingerprint density at radius 2 is 2.00 bits per heavy atom. The summed E-state index contributed by atoms with van der Waals surface area (Å²) in [7, 11) is 0. The monoisotopic (exact) mass is 351 g/mol. The molecular weight excluding hydrogens is 336 g/mol. The van der Waals surface area contributed by atoms with Gasteiger partial charge in [-0.05, 0) is 44.0 Å². The number of pyridine rings is 1. The van der Waals surface area contributed by atoms with E-state index in [1.54, 1.807) is 4.52 Å². The van der Waals surface area contributed by atoms with Crippen molar-refractivity contribution in [1.29, 1.82) is 0 Å². The van der Waals surface area contributed by atoms with Crippen molar-refractivity contribution in [2.24, 2.45) is 0 Å². The van der Waals surface area contributed by atoms with E-state index in [-0.39, 0.29) is 5.56 Å². The molecule has 0 N–H and O–H groups in total. The molecule has 26 heavy (non-hydrogen) atoms. The summed E-state index contributed by atoms with van der Waals surface area (Å²) in [5.74, 6) is -1.12. The Morgan fingerprint density at radius 3 is 2.88 bits per heavy atom. The van der Waals surface area contributed by atoms with Crippen LogP contribution in [0.25, 0.3) is 28.0 Å². The smallest absolute Gasteiger partial charge is 0.155 e. The van der Waals surface area contributed by atoms with E-state index in [1.165, 1.54) is 25.4 Å². The van der Waals surface area contributed by atoms with E-state index in [4.69, 9.17) is 0 Å². The van der Waals surface area contributed by atoms with Crippen LogP contribution in [-0.4, -0.2) is 24.4 Å². The molecule has 0 amide bonds. The summed E-state index contributed by atoms with van der Waals surface area (Å²) < 4.78 is 32.1. The summed E-state index contributed by atoms with van der Waals surface area (Å²) in [6.45, 7) is 2.24. The second kappa shape index (κ2) is 5.45. The summed E-state index contributed by atoms with van der Waals surface area (Å²) in [4.78, 5) is 4.16. The van der Waals surface area contributed by atoms with Crippen LogP contribution in [-0.2, 0) is 13.0 Å². The number of fused-ring (bicyclic) bond motifs is 2. The van der Waals surface area contributed by atoms with Crippen molar-refractivity contribution < 1.29 is 8.78 Å². The predicted molar refractivity (Wildman–Crippen MR) is 92.6 cm³/mol. The van der Waals surface area contributed by atoms with E-state index in [2.05, 4.69) is 15.2 Å². The second-order valence-electron chi connectivity index (χ2n) is 6.51. The molecule has 0 spiro atoms. The molecule has 1 aliphatic heterocycles. The third-order valence-corrected chi connectivity index (χ3v) is 4.98. The Balaban J connectivity index is 1.79. The highest BCUT2D eigenvalue weighted by Gasteiger charge is 2.26. The number of aromatic nitrogens is 5. The summed E-state index contributed by atoms with van der Waals surface area (Å²) >= 11 is 0. The lowest BCUT2D eigenvalue weighted by Crippen LogP contribution is -1.97. The zero-order chi connectivity index (χ0) is 17.8. The van der Waals surface area contributed by atoms with Crippen LogP contribution in [0.15, 0.2) is 36.8 Å². The molecule has 5 nitrogen and oxygen atoms in total. The van der Waals surface area contributed by atoms with Crippen molar-refractivity contribution in [1.82, 2.24) is 24.4 Å². The number of aryl methyl sites for hydroxylation is 1. The van der Waals surface area contributed by atoms with Gasteiger partial charge in [-0.25, -0.2) is 18.3 Å². The number of halogens is 2. The quantitative estimate of drug-likeness (QED) is 0.552. The Kier molecular flexibility index (Phi) is 3.19. The molecule has 0 saturated heterocycles. The van der Waals surface area contributed by atoms with Gasteiger partial charge in [0.1, 0.15) is 23.7 Å². The van der Waals surface area contributed by atoms with Crippen molar-refractivity contribution >= 4 is 5.65 Å². The van der Waals surface area contributed by atoms with E-state index in [0.29, 0.717) is 11.3 Å². The predicted octanol–water partition coefficient (Wildman–Crippen LogP) is 3.79. The standard InChI is InChI=1S/C19H15F2N5/c1-11-14(20)6-5-13(18(11)21)19-17(15-3-2-8-25(15)24-19)12-4-7-16-22-10-23-26(16)9-12/h4-7,9-10H,2-3,8H2,1H3. The molecule has 4 aromatic rings. The Hall–Kier alpha value is -3.09. The molecule has 7 heteroatoms. The maximum absolute atomic E-state index is 14.8. The highest BCUT2D eigenvalue weighted by molar-refractivity contribution is 5.83. The average molecular weight is 351 g/mol. The fraction of sp³-hybridized carbons (Fsp3) is 0.211. The fourth-order valence-electron chi connectivity index (χ4n) is 3.63. The van der Waals surface area contributed by atoms with Gasteiger partial charge in [-0.1, -0.05) is 0 Å². The van der Waals surface area contributed by atoms with Crippen LogP contribution in [0.2, 0.25) is 0 Å². The van der Waals surface area contributed by atoms with Gasteiger partial charge >= 0.3 is 0 Å². The average Bonchev–Trinajstić information content (AvgIpc) is 3.34. The van der Waals surface area contributed by atoms with Gasteiger partial charge in [0.15, 0.2) is 5.65 Å². The zero-order valence-corrected chi connectivity index (χ0v) is 14.1. The molecule has 0 bridgehead atoms. The topological polar surface area (TPSA) is 48.0 Å². The molecule has 0 aliphatic carbocycles. The third kappa shape index (κ3) is 2.09. The molecule has 5 rings (SSSR count). The first-order chi connectivity index (χ1) is 12.6. The van der Waals surface area contributed by atoms with Crippen LogP contribution < -0.4 is 0 Å². The molecule has 0 unspecified atom stereocenters. The zero-order valence-electron chi connectivity index (χ0n) is 14.1. The lowest BCUT2D eigenvalue weighted by Gasteiger charge is -2.09. The third-order valence-electron chi connectivity index (χ3n) is 4.98. The molecule has 3 aromatic heterocycles. The Morgan fingerprint density at radius 1 is 1.12 bits per heavy atom. The molecule has 0 radical (unpaired) electrons. The van der Waals surface area contributed by atoms with Gasteiger partial charge in [-0.3, -0.25) is 4.68 Å². The molecular formula is C19H15F2N5. The first-order valence-corrected chi connectivity index (χ1v) is 8.48. The van der Waals surface area contributed by atoms with Crippen molar-refractivity contribution in [2.75, 3.05) is 0 Å². The van der Waals surface area contributed by atoms with Crippen molar-refractivity contribution in [3.8, 4) is 22.4 Å². The maximum atomic E-state index is 14.8. The van der Waals surface area contributed by atoms with Crippen molar-refractivity contribution in [3.63, 3.8) is 0 Å². The summed E-state index contributed by atoms with van der Waals surface area (Å²) in [5.41, 5.74) is 4.45. The van der Waals surface area contributed by atoms with E-state index in [0.717, 1.165) is 41.9 Å². The van der Waals surface area contributed by atoms with Gasteiger partial charge in [-0.2, -0.15) is 10.2 Å². The number of nitrogens with zero attached hydrogens (tertiary/aromatic N) is 5. The van der Waals surface area contributed by atoms with Gasteiger partial charge in [0.25, 0.3) is 0 Å². The van der Waals surface area contributed by atoms with Crippen LogP contribution in [0.4, 0.5) is 8.78 Å².